The Hall–Kier alpha value is -0.970. The van der Waals surface area contributed by atoms with Crippen molar-refractivity contribution in [1.29, 1.82) is 0 Å². The second kappa shape index (κ2) is 5.57. The number of nitrogens with one attached hydrogen (secondary N) is 1. The van der Waals surface area contributed by atoms with Crippen LogP contribution in [0.4, 0.5) is 0 Å². The molecule has 0 bridgehead atoms. The molecular weight excluding hydrogens is 278 g/mol. The average molecular weight is 296 g/mol. The van der Waals surface area contributed by atoms with Crippen molar-refractivity contribution >= 4 is 22.9 Å². The fourth-order valence-corrected chi connectivity index (χ4v) is 3.42. The van der Waals surface area contributed by atoms with E-state index in [9.17, 15) is 0 Å². The summed E-state index contributed by atoms with van der Waals surface area (Å²) in [5.41, 5.74) is 1.90. The molecule has 0 fully saturated rings. The number of hydrogen-bond donors (Lipinski definition) is 1. The summed E-state index contributed by atoms with van der Waals surface area (Å²) in [5, 5.41) is 4.73. The van der Waals surface area contributed by atoms with Crippen LogP contribution in [0.25, 0.3) is 10.7 Å². The molecule has 0 aliphatic rings. The molecule has 0 aliphatic heterocycles. The second-order valence-electron chi connectivity index (χ2n) is 5.40. The third kappa shape index (κ3) is 3.14. The molecule has 1 N–H and O–H groups in total. The molecule has 2 rings (SSSR count). The van der Waals surface area contributed by atoms with Gasteiger partial charge in [0, 0.05) is 23.0 Å². The number of hydrogen-bond acceptors (Lipinski definition) is 4. The van der Waals surface area contributed by atoms with Gasteiger partial charge >= 0.3 is 0 Å². The minimum Gasteiger partial charge on any atom is -0.315 e. The number of nitrogens with zero attached hydrogens (tertiary/aromatic N) is 2. The second-order valence-corrected chi connectivity index (χ2v) is 6.90. The van der Waals surface area contributed by atoms with E-state index in [0.717, 1.165) is 22.9 Å². The summed E-state index contributed by atoms with van der Waals surface area (Å²) in [6.45, 7) is 7.33. The maximum absolute atomic E-state index is 6.20. The summed E-state index contributed by atoms with van der Waals surface area (Å²) in [6, 6.07) is 3.68. The van der Waals surface area contributed by atoms with Crippen LogP contribution in [0, 0.1) is 0 Å². The number of aromatic nitrogens is 2. The molecule has 0 aliphatic carbocycles. The molecule has 0 spiro atoms. The molecule has 102 valence electrons. The molecule has 0 saturated carbocycles. The number of halogens is 1. The van der Waals surface area contributed by atoms with Gasteiger partial charge in [-0.25, -0.2) is 4.98 Å². The maximum Gasteiger partial charge on any atom is 0.143 e. The Balaban J connectivity index is 2.52. The molecule has 2 aromatic rings. The number of thiazole rings is 1. The summed E-state index contributed by atoms with van der Waals surface area (Å²) < 4.78 is 0. The minimum absolute atomic E-state index is 0.0161. The molecule has 0 unspecified atom stereocenters. The summed E-state index contributed by atoms with van der Waals surface area (Å²) in [5.74, 6) is 0. The lowest BCUT2D eigenvalue weighted by atomic mass is 9.91. The topological polar surface area (TPSA) is 37.8 Å². The summed E-state index contributed by atoms with van der Waals surface area (Å²) in [4.78, 5) is 10.3. The molecule has 5 heteroatoms. The van der Waals surface area contributed by atoms with E-state index >= 15 is 0 Å². The zero-order chi connectivity index (χ0) is 14.0. The average Bonchev–Trinajstić information content (AvgIpc) is 2.74. The van der Waals surface area contributed by atoms with Crippen molar-refractivity contribution in [3.05, 3.63) is 33.9 Å². The van der Waals surface area contributed by atoms with E-state index in [1.54, 1.807) is 17.5 Å². The monoisotopic (exact) mass is 295 g/mol. The molecule has 2 heterocycles. The maximum atomic E-state index is 6.20. The van der Waals surface area contributed by atoms with E-state index in [4.69, 9.17) is 16.6 Å². The van der Waals surface area contributed by atoms with E-state index in [1.165, 1.54) is 4.88 Å². The van der Waals surface area contributed by atoms with Gasteiger partial charge in [0.2, 0.25) is 0 Å². The lowest BCUT2D eigenvalue weighted by molar-refractivity contribution is 0.563. The lowest BCUT2D eigenvalue weighted by Crippen LogP contribution is -2.16. The van der Waals surface area contributed by atoms with Crippen LogP contribution in [0.5, 0.6) is 0 Å². The number of rotatable bonds is 3. The van der Waals surface area contributed by atoms with Crippen LogP contribution in [-0.4, -0.2) is 17.0 Å². The van der Waals surface area contributed by atoms with Crippen molar-refractivity contribution < 1.29 is 0 Å². The predicted molar refractivity (Wildman–Crippen MR) is 81.8 cm³/mol. The van der Waals surface area contributed by atoms with Gasteiger partial charge in [-0.15, -0.1) is 11.3 Å². The van der Waals surface area contributed by atoms with Gasteiger partial charge < -0.3 is 5.32 Å². The van der Waals surface area contributed by atoms with E-state index in [1.807, 2.05) is 19.2 Å². The lowest BCUT2D eigenvalue weighted by Gasteiger charge is -2.17. The van der Waals surface area contributed by atoms with E-state index in [2.05, 4.69) is 31.1 Å². The Kier molecular flexibility index (Phi) is 4.23. The first kappa shape index (κ1) is 14.4. The Morgan fingerprint density at radius 3 is 2.68 bits per heavy atom. The van der Waals surface area contributed by atoms with E-state index in [-0.39, 0.29) is 5.41 Å². The third-order valence-corrected chi connectivity index (χ3v) is 4.07. The van der Waals surface area contributed by atoms with Crippen molar-refractivity contribution in [3.63, 3.8) is 0 Å². The molecule has 0 aromatic carbocycles. The SMILES string of the molecule is CNCc1sc(-c2ncccc2Cl)nc1C(C)(C)C. The highest BCUT2D eigenvalue weighted by Gasteiger charge is 2.24. The standard InChI is InChI=1S/C14H18ClN3S/c1-14(2,3)12-10(8-16-4)19-13(18-12)11-9(15)6-5-7-17-11/h5-7,16H,8H2,1-4H3. The van der Waals surface area contributed by atoms with Crippen molar-refractivity contribution in [2.45, 2.75) is 32.7 Å². The van der Waals surface area contributed by atoms with Gasteiger partial charge in [0.15, 0.2) is 0 Å². The molecule has 19 heavy (non-hydrogen) atoms. The van der Waals surface area contributed by atoms with Crippen LogP contribution in [0.2, 0.25) is 5.02 Å². The summed E-state index contributed by atoms with van der Waals surface area (Å²) in [6.07, 6.45) is 1.75. The Morgan fingerprint density at radius 1 is 1.37 bits per heavy atom. The van der Waals surface area contributed by atoms with Gasteiger partial charge in [0.25, 0.3) is 0 Å². The summed E-state index contributed by atoms with van der Waals surface area (Å²) in [7, 11) is 1.94. The first-order chi connectivity index (χ1) is 8.93. The first-order valence-electron chi connectivity index (χ1n) is 6.19. The van der Waals surface area contributed by atoms with Crippen LogP contribution in [-0.2, 0) is 12.0 Å². The quantitative estimate of drug-likeness (QED) is 0.934. The first-order valence-corrected chi connectivity index (χ1v) is 7.38. The molecule has 0 radical (unpaired) electrons. The largest absolute Gasteiger partial charge is 0.315 e. The fourth-order valence-electron chi connectivity index (χ4n) is 1.86. The third-order valence-electron chi connectivity index (χ3n) is 2.71. The predicted octanol–water partition coefficient (Wildman–Crippen LogP) is 3.88. The van der Waals surface area contributed by atoms with Gasteiger partial charge in [-0.1, -0.05) is 32.4 Å². The molecule has 0 atom stereocenters. The molecule has 2 aromatic heterocycles. The highest BCUT2D eigenvalue weighted by atomic mass is 35.5. The molecular formula is C14H18ClN3S. The Bertz CT molecular complexity index is 572. The van der Waals surface area contributed by atoms with Crippen LogP contribution in [0.15, 0.2) is 18.3 Å². The highest BCUT2D eigenvalue weighted by molar-refractivity contribution is 7.15. The zero-order valence-corrected chi connectivity index (χ0v) is 13.2. The van der Waals surface area contributed by atoms with E-state index in [0.29, 0.717) is 5.02 Å². The zero-order valence-electron chi connectivity index (χ0n) is 11.6. The van der Waals surface area contributed by atoms with Crippen LogP contribution in [0.1, 0.15) is 31.3 Å². The highest BCUT2D eigenvalue weighted by Crippen LogP contribution is 2.35. The smallest absolute Gasteiger partial charge is 0.143 e. The van der Waals surface area contributed by atoms with Gasteiger partial charge in [-0.05, 0) is 19.2 Å². The minimum atomic E-state index is 0.0161. The van der Waals surface area contributed by atoms with Crippen molar-refractivity contribution in [3.8, 4) is 10.7 Å². The van der Waals surface area contributed by atoms with Crippen LogP contribution < -0.4 is 5.32 Å². The van der Waals surface area contributed by atoms with Crippen molar-refractivity contribution in [2.24, 2.45) is 0 Å². The van der Waals surface area contributed by atoms with Gasteiger partial charge in [0.05, 0.1) is 10.7 Å². The molecule has 0 saturated heterocycles. The molecule has 0 amide bonds. The van der Waals surface area contributed by atoms with Crippen LogP contribution >= 0.6 is 22.9 Å². The van der Waals surface area contributed by atoms with E-state index < -0.39 is 0 Å². The van der Waals surface area contributed by atoms with Crippen LogP contribution in [0.3, 0.4) is 0 Å². The van der Waals surface area contributed by atoms with Gasteiger partial charge in [-0.2, -0.15) is 0 Å². The molecule has 3 nitrogen and oxygen atoms in total. The Labute approximate surface area is 123 Å². The summed E-state index contributed by atoms with van der Waals surface area (Å²) >= 11 is 7.86. The fraction of sp³-hybridized carbons (Fsp3) is 0.429. The Morgan fingerprint density at radius 2 is 2.11 bits per heavy atom. The van der Waals surface area contributed by atoms with Gasteiger partial charge in [0.1, 0.15) is 10.7 Å². The number of pyridine rings is 1. The van der Waals surface area contributed by atoms with Crippen molar-refractivity contribution in [1.82, 2.24) is 15.3 Å². The van der Waals surface area contributed by atoms with Gasteiger partial charge in [-0.3, -0.25) is 4.98 Å². The normalized spacial score (nSPS) is 11.8. The van der Waals surface area contributed by atoms with Crippen molar-refractivity contribution in [2.75, 3.05) is 7.05 Å².